The molecular weight excluding hydrogens is 472 g/mol. The van der Waals surface area contributed by atoms with Gasteiger partial charge in [0, 0.05) is 73.7 Å². The van der Waals surface area contributed by atoms with Gasteiger partial charge in [-0.2, -0.15) is 0 Å². The number of fused-ring (bicyclic) bond motifs is 2. The van der Waals surface area contributed by atoms with Crippen molar-refractivity contribution in [2.24, 2.45) is 0 Å². The van der Waals surface area contributed by atoms with Gasteiger partial charge in [0.2, 0.25) is 5.91 Å². The van der Waals surface area contributed by atoms with E-state index in [4.69, 9.17) is 14.7 Å². The van der Waals surface area contributed by atoms with Gasteiger partial charge in [-0.25, -0.2) is 9.97 Å². The van der Waals surface area contributed by atoms with Gasteiger partial charge in [0.1, 0.15) is 0 Å². The molecular formula is C27H32N6O2S. The zero-order valence-corrected chi connectivity index (χ0v) is 21.7. The number of likely N-dealkylation sites (N-methyl/N-ethyl adjacent to an activating group) is 1. The van der Waals surface area contributed by atoms with Crippen LogP contribution in [-0.2, 0) is 16.1 Å². The standard InChI is InChI=1S/C27H32N6O2S/c1-18(34)31(2)19-5-4-10-32(16-19)17-20-15-24-25(36-20)27(33-11-13-35-14-12-33)30-26(29-24)22-6-3-7-23-21(22)8-9-28-23/h3,6-9,15,19,28H,4-5,10-14,16-17H2,1-2H3. The van der Waals surface area contributed by atoms with Gasteiger partial charge in [-0.05, 0) is 37.6 Å². The van der Waals surface area contributed by atoms with Crippen molar-refractivity contribution < 1.29 is 9.53 Å². The number of piperidine rings is 1. The highest BCUT2D eigenvalue weighted by Crippen LogP contribution is 2.36. The molecule has 6 rings (SSSR count). The number of amides is 1. The molecule has 2 aliphatic heterocycles. The minimum Gasteiger partial charge on any atom is -0.378 e. The number of hydrogen-bond donors (Lipinski definition) is 1. The molecule has 1 amide bonds. The number of morpholine rings is 1. The van der Waals surface area contributed by atoms with Gasteiger partial charge in [0.15, 0.2) is 11.6 Å². The lowest BCUT2D eigenvalue weighted by atomic mass is 10.0. The van der Waals surface area contributed by atoms with Crippen molar-refractivity contribution in [3.05, 3.63) is 41.4 Å². The van der Waals surface area contributed by atoms with Crippen LogP contribution in [-0.4, -0.2) is 83.1 Å². The molecule has 188 valence electrons. The third-order valence-electron chi connectivity index (χ3n) is 7.46. The van der Waals surface area contributed by atoms with Gasteiger partial charge in [-0.1, -0.05) is 12.1 Å². The molecule has 0 radical (unpaired) electrons. The summed E-state index contributed by atoms with van der Waals surface area (Å²) in [5, 5.41) is 1.13. The molecule has 4 aromatic rings. The zero-order chi connectivity index (χ0) is 24.6. The Kier molecular flexibility index (Phi) is 6.37. The highest BCUT2D eigenvalue weighted by atomic mass is 32.1. The maximum absolute atomic E-state index is 11.9. The number of rotatable bonds is 5. The molecule has 2 saturated heterocycles. The second-order valence-electron chi connectivity index (χ2n) is 9.80. The molecule has 0 bridgehead atoms. The summed E-state index contributed by atoms with van der Waals surface area (Å²) in [4.78, 5) is 33.4. The molecule has 5 heterocycles. The van der Waals surface area contributed by atoms with E-state index in [0.717, 1.165) is 83.9 Å². The number of aromatic amines is 1. The van der Waals surface area contributed by atoms with Gasteiger partial charge < -0.3 is 19.5 Å². The van der Waals surface area contributed by atoms with Crippen molar-refractivity contribution in [1.82, 2.24) is 24.8 Å². The van der Waals surface area contributed by atoms with Gasteiger partial charge in [-0.3, -0.25) is 9.69 Å². The van der Waals surface area contributed by atoms with Crippen molar-refractivity contribution in [2.75, 3.05) is 51.3 Å². The molecule has 1 unspecified atom stereocenters. The number of benzene rings is 1. The first kappa shape index (κ1) is 23.4. The summed E-state index contributed by atoms with van der Waals surface area (Å²) in [6.45, 7) is 7.58. The number of aromatic nitrogens is 3. The Labute approximate surface area is 214 Å². The molecule has 2 fully saturated rings. The van der Waals surface area contributed by atoms with E-state index in [2.05, 4.69) is 45.1 Å². The van der Waals surface area contributed by atoms with Crippen LogP contribution in [0.15, 0.2) is 36.5 Å². The second-order valence-corrected chi connectivity index (χ2v) is 10.9. The van der Waals surface area contributed by atoms with Gasteiger partial charge in [0.05, 0.1) is 23.4 Å². The summed E-state index contributed by atoms with van der Waals surface area (Å²) in [7, 11) is 1.92. The van der Waals surface area contributed by atoms with Crippen molar-refractivity contribution in [3.8, 4) is 11.4 Å². The first-order valence-electron chi connectivity index (χ1n) is 12.7. The monoisotopic (exact) mass is 504 g/mol. The van der Waals surface area contributed by atoms with Crippen molar-refractivity contribution >= 4 is 44.2 Å². The number of carbonyl (C=O) groups excluding carboxylic acids is 1. The number of anilines is 1. The van der Waals surface area contributed by atoms with Crippen molar-refractivity contribution in [3.63, 3.8) is 0 Å². The predicted octanol–water partition coefficient (Wildman–Crippen LogP) is 4.12. The van der Waals surface area contributed by atoms with Gasteiger partial charge >= 0.3 is 0 Å². The Morgan fingerprint density at radius 3 is 2.92 bits per heavy atom. The summed E-state index contributed by atoms with van der Waals surface area (Å²) >= 11 is 1.80. The van der Waals surface area contributed by atoms with E-state index >= 15 is 0 Å². The fourth-order valence-corrected chi connectivity index (χ4v) is 6.56. The lowest BCUT2D eigenvalue weighted by Crippen LogP contribution is -2.47. The molecule has 1 aromatic carbocycles. The largest absolute Gasteiger partial charge is 0.378 e. The van der Waals surface area contributed by atoms with Crippen LogP contribution in [0.25, 0.3) is 32.5 Å². The second kappa shape index (κ2) is 9.80. The lowest BCUT2D eigenvalue weighted by Gasteiger charge is -2.37. The molecule has 0 spiro atoms. The molecule has 8 nitrogen and oxygen atoms in total. The van der Waals surface area contributed by atoms with Gasteiger partial charge in [0.25, 0.3) is 0 Å². The number of hydrogen-bond acceptors (Lipinski definition) is 7. The number of nitrogens with zero attached hydrogens (tertiary/aromatic N) is 5. The topological polar surface area (TPSA) is 77.6 Å². The van der Waals surface area contributed by atoms with Crippen LogP contribution in [0.2, 0.25) is 0 Å². The summed E-state index contributed by atoms with van der Waals surface area (Å²) in [6, 6.07) is 10.9. The normalized spacial score (nSPS) is 19.3. The van der Waals surface area contributed by atoms with E-state index < -0.39 is 0 Å². The van der Waals surface area contributed by atoms with Crippen LogP contribution in [0.1, 0.15) is 24.6 Å². The van der Waals surface area contributed by atoms with E-state index in [-0.39, 0.29) is 11.9 Å². The number of ether oxygens (including phenoxy) is 1. The summed E-state index contributed by atoms with van der Waals surface area (Å²) in [6.07, 6.45) is 4.14. The van der Waals surface area contributed by atoms with Crippen LogP contribution in [0.3, 0.4) is 0 Å². The average Bonchev–Trinajstić information content (AvgIpc) is 3.54. The lowest BCUT2D eigenvalue weighted by molar-refractivity contribution is -0.130. The quantitative estimate of drug-likeness (QED) is 0.441. The van der Waals surface area contributed by atoms with Crippen LogP contribution >= 0.6 is 11.3 Å². The van der Waals surface area contributed by atoms with Crippen LogP contribution in [0.4, 0.5) is 5.82 Å². The fraction of sp³-hybridized carbons (Fsp3) is 0.444. The van der Waals surface area contributed by atoms with E-state index in [9.17, 15) is 4.79 Å². The highest BCUT2D eigenvalue weighted by Gasteiger charge is 2.26. The van der Waals surface area contributed by atoms with E-state index in [1.807, 2.05) is 18.1 Å². The highest BCUT2D eigenvalue weighted by molar-refractivity contribution is 7.19. The van der Waals surface area contributed by atoms with Crippen LogP contribution < -0.4 is 4.90 Å². The number of likely N-dealkylation sites (tertiary alicyclic amines) is 1. The van der Waals surface area contributed by atoms with Gasteiger partial charge in [-0.15, -0.1) is 11.3 Å². The molecule has 36 heavy (non-hydrogen) atoms. The molecule has 0 saturated carbocycles. The fourth-order valence-electron chi connectivity index (χ4n) is 5.40. The zero-order valence-electron chi connectivity index (χ0n) is 20.9. The molecule has 1 N–H and O–H groups in total. The number of carbonyl (C=O) groups is 1. The van der Waals surface area contributed by atoms with Crippen molar-refractivity contribution in [2.45, 2.75) is 32.4 Å². The third-order valence-corrected chi connectivity index (χ3v) is 8.56. The summed E-state index contributed by atoms with van der Waals surface area (Å²) in [5.41, 5.74) is 3.14. The Morgan fingerprint density at radius 2 is 2.08 bits per heavy atom. The van der Waals surface area contributed by atoms with E-state index in [1.165, 1.54) is 4.88 Å². The number of H-pyrrole nitrogens is 1. The SMILES string of the molecule is CC(=O)N(C)C1CCCN(Cc2cc3nc(-c4cccc5[nH]ccc45)nc(N4CCOCC4)c3s2)C1. The van der Waals surface area contributed by atoms with E-state index in [1.54, 1.807) is 18.3 Å². The minimum atomic E-state index is 0.138. The maximum atomic E-state index is 11.9. The minimum absolute atomic E-state index is 0.138. The average molecular weight is 505 g/mol. The number of nitrogens with one attached hydrogen (secondary N) is 1. The van der Waals surface area contributed by atoms with Crippen molar-refractivity contribution in [1.29, 1.82) is 0 Å². The first-order chi connectivity index (χ1) is 17.6. The Balaban J connectivity index is 1.36. The maximum Gasteiger partial charge on any atom is 0.219 e. The summed E-state index contributed by atoms with van der Waals surface area (Å²) < 4.78 is 6.77. The summed E-state index contributed by atoms with van der Waals surface area (Å²) in [5.74, 6) is 1.91. The smallest absolute Gasteiger partial charge is 0.219 e. The molecule has 3 aromatic heterocycles. The Morgan fingerprint density at radius 1 is 1.22 bits per heavy atom. The molecule has 1 atom stereocenters. The molecule has 9 heteroatoms. The van der Waals surface area contributed by atoms with E-state index in [0.29, 0.717) is 13.2 Å². The first-order valence-corrected chi connectivity index (χ1v) is 13.5. The molecule has 2 aliphatic rings. The Hall–Kier alpha value is -3.01. The Bertz CT molecular complexity index is 1390. The number of thiophene rings is 1. The molecule has 0 aliphatic carbocycles. The van der Waals surface area contributed by atoms with Crippen LogP contribution in [0, 0.1) is 0 Å². The predicted molar refractivity (Wildman–Crippen MR) is 144 cm³/mol. The third kappa shape index (κ3) is 4.47. The van der Waals surface area contributed by atoms with Crippen LogP contribution in [0.5, 0.6) is 0 Å².